The lowest BCUT2D eigenvalue weighted by Crippen LogP contribution is -2.32. The van der Waals surface area contributed by atoms with Crippen LogP contribution in [0.5, 0.6) is 5.75 Å². The van der Waals surface area contributed by atoms with Gasteiger partial charge in [-0.05, 0) is 44.4 Å². The predicted molar refractivity (Wildman–Crippen MR) is 82.1 cm³/mol. The van der Waals surface area contributed by atoms with E-state index in [2.05, 4.69) is 5.32 Å². The van der Waals surface area contributed by atoms with Crippen LogP contribution in [0.1, 0.15) is 37.8 Å². The van der Waals surface area contributed by atoms with Gasteiger partial charge >= 0.3 is 0 Å². The van der Waals surface area contributed by atoms with Crippen molar-refractivity contribution in [1.29, 1.82) is 0 Å². The molecule has 4 nitrogen and oxygen atoms in total. The summed E-state index contributed by atoms with van der Waals surface area (Å²) in [5.41, 5.74) is 6.46. The Bertz CT molecular complexity index is 499. The average Bonchev–Trinajstić information content (AvgIpc) is 2.85. The van der Waals surface area contributed by atoms with E-state index < -0.39 is 0 Å². The van der Waals surface area contributed by atoms with Gasteiger partial charge in [0.1, 0.15) is 11.6 Å². The highest BCUT2D eigenvalue weighted by atomic mass is 35.5. The monoisotopic (exact) mass is 316 g/mol. The van der Waals surface area contributed by atoms with Gasteiger partial charge in [0.25, 0.3) is 0 Å². The summed E-state index contributed by atoms with van der Waals surface area (Å²) in [4.78, 5) is 12.2. The van der Waals surface area contributed by atoms with Crippen LogP contribution in [0.3, 0.4) is 0 Å². The molecule has 3 atom stereocenters. The lowest BCUT2D eigenvalue weighted by atomic mass is 10.0. The van der Waals surface area contributed by atoms with Crippen LogP contribution >= 0.6 is 12.4 Å². The van der Waals surface area contributed by atoms with E-state index in [-0.39, 0.29) is 42.1 Å². The quantitative estimate of drug-likeness (QED) is 0.897. The van der Waals surface area contributed by atoms with Crippen LogP contribution in [0.15, 0.2) is 18.2 Å². The third-order valence-corrected chi connectivity index (χ3v) is 3.86. The highest BCUT2D eigenvalue weighted by Crippen LogP contribution is 2.28. The van der Waals surface area contributed by atoms with Gasteiger partial charge in [0, 0.05) is 17.5 Å². The predicted octanol–water partition coefficient (Wildman–Crippen LogP) is 2.56. The van der Waals surface area contributed by atoms with Crippen molar-refractivity contribution < 1.29 is 13.9 Å². The van der Waals surface area contributed by atoms with Gasteiger partial charge in [0.2, 0.25) is 5.91 Å². The fourth-order valence-electron chi connectivity index (χ4n) is 2.71. The summed E-state index contributed by atoms with van der Waals surface area (Å²) in [5, 5.41) is 2.92. The maximum absolute atomic E-state index is 13.3. The summed E-state index contributed by atoms with van der Waals surface area (Å²) in [6.45, 7) is 1.82. The molecule has 0 aliphatic heterocycles. The maximum atomic E-state index is 13.3. The zero-order chi connectivity index (χ0) is 14.7. The number of nitrogens with two attached hydrogens (primary N) is 1. The summed E-state index contributed by atoms with van der Waals surface area (Å²) in [5.74, 6) is 0.177. The Hall–Kier alpha value is -1.33. The second kappa shape index (κ2) is 7.61. The average molecular weight is 317 g/mol. The zero-order valence-electron chi connectivity index (χ0n) is 12.3. The van der Waals surface area contributed by atoms with Crippen LogP contribution < -0.4 is 15.8 Å². The molecule has 1 aromatic rings. The SMILES string of the molecule is COc1ccc(F)cc1C(C)NC(=O)C1CCC(N)C1.Cl. The van der Waals surface area contributed by atoms with Gasteiger partial charge in [-0.1, -0.05) is 0 Å². The van der Waals surface area contributed by atoms with Crippen LogP contribution in [0.4, 0.5) is 4.39 Å². The van der Waals surface area contributed by atoms with E-state index in [0.717, 1.165) is 19.3 Å². The molecule has 0 aromatic heterocycles. The first kappa shape index (κ1) is 17.7. The molecular weight excluding hydrogens is 295 g/mol. The standard InChI is InChI=1S/C15H21FN2O2.ClH/c1-9(13-8-11(16)4-6-14(13)20-2)18-15(19)10-3-5-12(17)7-10;/h4,6,8-10,12H,3,5,7,17H2,1-2H3,(H,18,19);1H. The lowest BCUT2D eigenvalue weighted by Gasteiger charge is -2.19. The molecule has 1 aliphatic rings. The molecule has 0 bridgehead atoms. The van der Waals surface area contributed by atoms with Gasteiger partial charge in [-0.2, -0.15) is 0 Å². The molecule has 2 rings (SSSR count). The van der Waals surface area contributed by atoms with Crippen LogP contribution in [0.25, 0.3) is 0 Å². The van der Waals surface area contributed by atoms with Gasteiger partial charge in [-0.15, -0.1) is 12.4 Å². The number of amides is 1. The van der Waals surface area contributed by atoms with Crippen molar-refractivity contribution in [2.45, 2.75) is 38.3 Å². The van der Waals surface area contributed by atoms with Gasteiger partial charge in [0.05, 0.1) is 13.2 Å². The Kier molecular flexibility index (Phi) is 6.42. The molecule has 3 unspecified atom stereocenters. The molecule has 6 heteroatoms. The maximum Gasteiger partial charge on any atom is 0.223 e. The zero-order valence-corrected chi connectivity index (χ0v) is 13.1. The summed E-state index contributed by atoms with van der Waals surface area (Å²) in [7, 11) is 1.53. The van der Waals surface area contributed by atoms with Crippen molar-refractivity contribution in [1.82, 2.24) is 5.32 Å². The number of benzene rings is 1. The fraction of sp³-hybridized carbons (Fsp3) is 0.533. The van der Waals surface area contributed by atoms with E-state index in [9.17, 15) is 9.18 Å². The lowest BCUT2D eigenvalue weighted by molar-refractivity contribution is -0.125. The van der Waals surface area contributed by atoms with E-state index in [1.165, 1.54) is 19.2 Å². The van der Waals surface area contributed by atoms with Crippen molar-refractivity contribution in [3.63, 3.8) is 0 Å². The molecule has 1 saturated carbocycles. The second-order valence-electron chi connectivity index (χ2n) is 5.39. The minimum Gasteiger partial charge on any atom is -0.496 e. The number of halogens is 2. The Balaban J connectivity index is 0.00000220. The summed E-state index contributed by atoms with van der Waals surface area (Å²) >= 11 is 0. The smallest absolute Gasteiger partial charge is 0.223 e. The molecule has 0 saturated heterocycles. The van der Waals surface area contributed by atoms with E-state index in [4.69, 9.17) is 10.5 Å². The minimum atomic E-state index is -0.343. The molecule has 1 aromatic carbocycles. The number of hydrogen-bond acceptors (Lipinski definition) is 3. The third kappa shape index (κ3) is 4.32. The van der Waals surface area contributed by atoms with Gasteiger partial charge < -0.3 is 15.8 Å². The molecule has 21 heavy (non-hydrogen) atoms. The molecule has 3 N–H and O–H groups in total. The topological polar surface area (TPSA) is 64.3 Å². The largest absolute Gasteiger partial charge is 0.496 e. The highest BCUT2D eigenvalue weighted by molar-refractivity contribution is 5.85. The first-order chi connectivity index (χ1) is 9.51. The molecule has 0 spiro atoms. The van der Waals surface area contributed by atoms with Crippen LogP contribution in [-0.4, -0.2) is 19.1 Å². The molecule has 0 heterocycles. The Morgan fingerprint density at radius 1 is 1.48 bits per heavy atom. The van der Waals surface area contributed by atoms with Gasteiger partial charge in [0.15, 0.2) is 0 Å². The van der Waals surface area contributed by atoms with E-state index in [0.29, 0.717) is 11.3 Å². The van der Waals surface area contributed by atoms with Crippen LogP contribution in [0.2, 0.25) is 0 Å². The summed E-state index contributed by atoms with van der Waals surface area (Å²) in [6, 6.07) is 4.12. The number of ether oxygens (including phenoxy) is 1. The van der Waals surface area contributed by atoms with Crippen molar-refractivity contribution in [2.24, 2.45) is 11.7 Å². The Labute approximate surface area is 130 Å². The van der Waals surface area contributed by atoms with Gasteiger partial charge in [-0.25, -0.2) is 4.39 Å². The molecule has 1 amide bonds. The van der Waals surface area contributed by atoms with Crippen LogP contribution in [-0.2, 0) is 4.79 Å². The van der Waals surface area contributed by atoms with Gasteiger partial charge in [-0.3, -0.25) is 4.79 Å². The molecule has 118 valence electrons. The molecule has 1 fully saturated rings. The normalized spacial score (nSPS) is 22.3. The Morgan fingerprint density at radius 3 is 2.76 bits per heavy atom. The number of hydrogen-bond donors (Lipinski definition) is 2. The molecule has 1 aliphatic carbocycles. The third-order valence-electron chi connectivity index (χ3n) is 3.86. The number of carbonyl (C=O) groups is 1. The fourth-order valence-corrected chi connectivity index (χ4v) is 2.71. The van der Waals surface area contributed by atoms with Crippen LogP contribution in [0, 0.1) is 11.7 Å². The summed E-state index contributed by atoms with van der Waals surface area (Å²) < 4.78 is 18.6. The first-order valence-corrected chi connectivity index (χ1v) is 6.90. The Morgan fingerprint density at radius 2 is 2.19 bits per heavy atom. The number of rotatable bonds is 4. The molecule has 0 radical (unpaired) electrons. The van der Waals surface area contributed by atoms with Crippen molar-refractivity contribution in [3.05, 3.63) is 29.6 Å². The van der Waals surface area contributed by atoms with Crippen molar-refractivity contribution in [2.75, 3.05) is 7.11 Å². The minimum absolute atomic E-state index is 0. The van der Waals surface area contributed by atoms with E-state index >= 15 is 0 Å². The number of nitrogens with one attached hydrogen (secondary N) is 1. The van der Waals surface area contributed by atoms with Crippen molar-refractivity contribution in [3.8, 4) is 5.75 Å². The van der Waals surface area contributed by atoms with E-state index in [1.807, 2.05) is 6.92 Å². The van der Waals surface area contributed by atoms with Crippen molar-refractivity contribution >= 4 is 18.3 Å². The number of carbonyl (C=O) groups excluding carboxylic acids is 1. The number of methoxy groups -OCH3 is 1. The second-order valence-corrected chi connectivity index (χ2v) is 5.39. The molecular formula is C15H22ClFN2O2. The first-order valence-electron chi connectivity index (χ1n) is 6.90. The highest BCUT2D eigenvalue weighted by Gasteiger charge is 2.29. The van der Waals surface area contributed by atoms with E-state index in [1.54, 1.807) is 6.07 Å². The summed E-state index contributed by atoms with van der Waals surface area (Å²) in [6.07, 6.45) is 2.43.